The molecule has 1 saturated carbocycles. The molecule has 6 heteroatoms. The van der Waals surface area contributed by atoms with Gasteiger partial charge in [0, 0.05) is 30.6 Å². The number of hydrogen-bond acceptors (Lipinski definition) is 4. The monoisotopic (exact) mass is 334 g/mol. The number of carbonyl (C=O) groups excluding carboxylic acids is 2. The van der Waals surface area contributed by atoms with Crippen LogP contribution in [0.15, 0.2) is 18.2 Å². The zero-order chi connectivity index (χ0) is 17.4. The maximum atomic E-state index is 12.2. The minimum Gasteiger partial charge on any atom is -0.497 e. The summed E-state index contributed by atoms with van der Waals surface area (Å²) in [4.78, 5) is 24.2. The molecule has 1 aromatic carbocycles. The van der Waals surface area contributed by atoms with Gasteiger partial charge in [-0.1, -0.05) is 19.3 Å². The molecule has 0 aliphatic heterocycles. The third kappa shape index (κ3) is 5.15. The van der Waals surface area contributed by atoms with Gasteiger partial charge in [0.25, 0.3) is 5.91 Å². The first kappa shape index (κ1) is 18.1. The van der Waals surface area contributed by atoms with E-state index in [0.717, 1.165) is 25.7 Å². The summed E-state index contributed by atoms with van der Waals surface area (Å²) in [5.74, 6) is 1.14. The fourth-order valence-corrected chi connectivity index (χ4v) is 2.91. The van der Waals surface area contributed by atoms with Gasteiger partial charge in [0.1, 0.15) is 11.5 Å². The second-order valence-electron chi connectivity index (χ2n) is 5.98. The number of rotatable bonds is 7. The summed E-state index contributed by atoms with van der Waals surface area (Å²) in [6.07, 6.45) is 5.44. The van der Waals surface area contributed by atoms with E-state index in [1.54, 1.807) is 18.2 Å². The van der Waals surface area contributed by atoms with Crippen LogP contribution in [0.1, 0.15) is 42.5 Å². The van der Waals surface area contributed by atoms with Gasteiger partial charge in [-0.3, -0.25) is 9.59 Å². The van der Waals surface area contributed by atoms with Gasteiger partial charge in [-0.15, -0.1) is 0 Å². The first-order chi connectivity index (χ1) is 11.6. The van der Waals surface area contributed by atoms with E-state index in [4.69, 9.17) is 9.47 Å². The molecule has 6 nitrogen and oxygen atoms in total. The van der Waals surface area contributed by atoms with E-state index in [-0.39, 0.29) is 17.7 Å². The Bertz CT molecular complexity index is 546. The number of benzene rings is 1. The zero-order valence-corrected chi connectivity index (χ0v) is 14.4. The first-order valence-electron chi connectivity index (χ1n) is 8.43. The molecule has 0 heterocycles. The van der Waals surface area contributed by atoms with E-state index in [9.17, 15) is 9.59 Å². The molecule has 0 aromatic heterocycles. The lowest BCUT2D eigenvalue weighted by molar-refractivity contribution is -0.125. The normalized spacial score (nSPS) is 14.8. The van der Waals surface area contributed by atoms with Gasteiger partial charge in [-0.25, -0.2) is 0 Å². The van der Waals surface area contributed by atoms with Gasteiger partial charge in [0.05, 0.1) is 14.2 Å². The van der Waals surface area contributed by atoms with Gasteiger partial charge in [-0.2, -0.15) is 0 Å². The number of amides is 2. The highest BCUT2D eigenvalue weighted by molar-refractivity contribution is 5.95. The van der Waals surface area contributed by atoms with Crippen molar-refractivity contribution >= 4 is 11.8 Å². The van der Waals surface area contributed by atoms with Crippen LogP contribution in [0.25, 0.3) is 0 Å². The minimum atomic E-state index is -0.223. The number of hydrogen-bond donors (Lipinski definition) is 2. The molecule has 0 bridgehead atoms. The smallest absolute Gasteiger partial charge is 0.251 e. The van der Waals surface area contributed by atoms with Crippen LogP contribution >= 0.6 is 0 Å². The molecular formula is C18H26N2O4. The Morgan fingerprint density at radius 2 is 1.54 bits per heavy atom. The SMILES string of the molecule is COc1cc(OC)cc(C(=O)NCCNC(=O)C2CCCCC2)c1. The van der Waals surface area contributed by atoms with Crippen LogP contribution in [-0.2, 0) is 4.79 Å². The van der Waals surface area contributed by atoms with Crippen molar-refractivity contribution in [1.82, 2.24) is 10.6 Å². The van der Waals surface area contributed by atoms with Gasteiger partial charge in [-0.05, 0) is 25.0 Å². The molecule has 2 amide bonds. The van der Waals surface area contributed by atoms with Crippen molar-refractivity contribution in [1.29, 1.82) is 0 Å². The third-order valence-electron chi connectivity index (χ3n) is 4.30. The lowest BCUT2D eigenvalue weighted by atomic mass is 9.89. The molecule has 2 rings (SSSR count). The Kier molecular flexibility index (Phi) is 6.90. The Morgan fingerprint density at radius 1 is 0.958 bits per heavy atom. The molecule has 0 radical (unpaired) electrons. The van der Waals surface area contributed by atoms with E-state index in [0.29, 0.717) is 30.2 Å². The van der Waals surface area contributed by atoms with Gasteiger partial charge < -0.3 is 20.1 Å². The zero-order valence-electron chi connectivity index (χ0n) is 14.4. The summed E-state index contributed by atoms with van der Waals surface area (Å²) in [5.41, 5.74) is 0.463. The van der Waals surface area contributed by atoms with Crippen molar-refractivity contribution in [3.63, 3.8) is 0 Å². The second-order valence-corrected chi connectivity index (χ2v) is 5.98. The Hall–Kier alpha value is -2.24. The van der Waals surface area contributed by atoms with Crippen molar-refractivity contribution in [2.45, 2.75) is 32.1 Å². The lowest BCUT2D eigenvalue weighted by Crippen LogP contribution is -2.38. The quantitative estimate of drug-likeness (QED) is 0.749. The average Bonchev–Trinajstić information content (AvgIpc) is 2.64. The molecule has 24 heavy (non-hydrogen) atoms. The number of carbonyl (C=O) groups is 2. The summed E-state index contributed by atoms with van der Waals surface area (Å²) in [7, 11) is 3.08. The standard InChI is InChI=1S/C18H26N2O4/c1-23-15-10-14(11-16(12-15)24-2)18(22)20-9-8-19-17(21)13-6-4-3-5-7-13/h10-13H,3-9H2,1-2H3,(H,19,21)(H,20,22). The van der Waals surface area contributed by atoms with Gasteiger partial charge >= 0.3 is 0 Å². The first-order valence-corrected chi connectivity index (χ1v) is 8.43. The Labute approximate surface area is 142 Å². The maximum absolute atomic E-state index is 12.2. The Morgan fingerprint density at radius 3 is 2.12 bits per heavy atom. The predicted molar refractivity (Wildman–Crippen MR) is 91.5 cm³/mol. The van der Waals surface area contributed by atoms with E-state index < -0.39 is 0 Å². The third-order valence-corrected chi connectivity index (χ3v) is 4.30. The summed E-state index contributed by atoms with van der Waals surface area (Å²) < 4.78 is 10.3. The summed E-state index contributed by atoms with van der Waals surface area (Å²) in [6.45, 7) is 0.818. The van der Waals surface area contributed by atoms with Crippen LogP contribution in [0.5, 0.6) is 11.5 Å². The maximum Gasteiger partial charge on any atom is 0.251 e. The average molecular weight is 334 g/mol. The van der Waals surface area contributed by atoms with Crippen molar-refractivity contribution in [3.05, 3.63) is 23.8 Å². The Balaban J connectivity index is 1.77. The lowest BCUT2D eigenvalue weighted by Gasteiger charge is -2.20. The van der Waals surface area contributed by atoms with E-state index in [1.807, 2.05) is 0 Å². The molecule has 0 saturated heterocycles. The van der Waals surface area contributed by atoms with E-state index >= 15 is 0 Å². The van der Waals surface area contributed by atoms with Crippen LogP contribution in [-0.4, -0.2) is 39.1 Å². The molecule has 0 unspecified atom stereocenters. The van der Waals surface area contributed by atoms with Crippen LogP contribution in [0.4, 0.5) is 0 Å². The molecule has 0 spiro atoms. The molecular weight excluding hydrogens is 308 g/mol. The van der Waals surface area contributed by atoms with Gasteiger partial charge in [0.2, 0.25) is 5.91 Å². The van der Waals surface area contributed by atoms with Crippen molar-refractivity contribution < 1.29 is 19.1 Å². The fourth-order valence-electron chi connectivity index (χ4n) is 2.91. The molecule has 1 aromatic rings. The topological polar surface area (TPSA) is 76.7 Å². The minimum absolute atomic E-state index is 0.104. The molecule has 132 valence electrons. The van der Waals surface area contributed by atoms with Crippen LogP contribution in [0.2, 0.25) is 0 Å². The fraction of sp³-hybridized carbons (Fsp3) is 0.556. The molecule has 0 atom stereocenters. The highest BCUT2D eigenvalue weighted by atomic mass is 16.5. The van der Waals surface area contributed by atoms with Crippen molar-refractivity contribution in [2.24, 2.45) is 5.92 Å². The van der Waals surface area contributed by atoms with E-state index in [1.165, 1.54) is 20.6 Å². The van der Waals surface area contributed by atoms with E-state index in [2.05, 4.69) is 10.6 Å². The summed E-state index contributed by atoms with van der Waals surface area (Å²) >= 11 is 0. The largest absolute Gasteiger partial charge is 0.497 e. The number of methoxy groups -OCH3 is 2. The van der Waals surface area contributed by atoms with Crippen LogP contribution < -0.4 is 20.1 Å². The van der Waals surface area contributed by atoms with Gasteiger partial charge in [0.15, 0.2) is 0 Å². The number of ether oxygens (including phenoxy) is 2. The number of nitrogens with one attached hydrogen (secondary N) is 2. The predicted octanol–water partition coefficient (Wildman–Crippen LogP) is 2.13. The summed E-state index contributed by atoms with van der Waals surface area (Å²) in [6, 6.07) is 5.01. The van der Waals surface area contributed by atoms with Crippen molar-refractivity contribution in [2.75, 3.05) is 27.3 Å². The highest BCUT2D eigenvalue weighted by Crippen LogP contribution is 2.23. The summed E-state index contributed by atoms with van der Waals surface area (Å²) in [5, 5.41) is 5.70. The van der Waals surface area contributed by atoms with Crippen LogP contribution in [0.3, 0.4) is 0 Å². The second kappa shape index (κ2) is 9.15. The molecule has 1 aliphatic rings. The molecule has 1 fully saturated rings. The van der Waals surface area contributed by atoms with Crippen LogP contribution in [0, 0.1) is 5.92 Å². The van der Waals surface area contributed by atoms with Crippen molar-refractivity contribution in [3.8, 4) is 11.5 Å². The molecule has 2 N–H and O–H groups in total. The highest BCUT2D eigenvalue weighted by Gasteiger charge is 2.20. The molecule has 1 aliphatic carbocycles.